The Labute approximate surface area is 202 Å². The van der Waals surface area contributed by atoms with E-state index in [-0.39, 0.29) is 9.23 Å². The van der Waals surface area contributed by atoms with Gasteiger partial charge in [-0.2, -0.15) is 13.2 Å². The number of rotatable bonds is 4. The molecule has 2 saturated heterocycles. The highest BCUT2D eigenvalue weighted by atomic mass is 32.2. The molecule has 0 saturated carbocycles. The van der Waals surface area contributed by atoms with Crippen LogP contribution in [0.5, 0.6) is 0 Å². The summed E-state index contributed by atoms with van der Waals surface area (Å²) in [5, 5.41) is 0. The quantitative estimate of drug-likeness (QED) is 0.327. The molecule has 174 valence electrons. The van der Waals surface area contributed by atoms with Crippen molar-refractivity contribution in [1.29, 1.82) is 0 Å². The van der Waals surface area contributed by atoms with Gasteiger partial charge in [-0.25, -0.2) is 4.90 Å². The van der Waals surface area contributed by atoms with Crippen LogP contribution in [0.2, 0.25) is 0 Å². The largest absolute Gasteiger partial charge is 0.418 e. The number of nitrogens with zero attached hydrogens (tertiary/aromatic N) is 2. The van der Waals surface area contributed by atoms with E-state index in [1.54, 1.807) is 13.0 Å². The standard InChI is InChI=1S/C24H17F3N2O3S2/c1-14(11-15-7-3-2-4-8-15)12-19-22(32)29(23(33)34-19)18-13-20(30)28(21(18)31)17-10-6-5-9-16(17)24(25,26)27/h2-12,18H,13H2,1H3/b14-11+,19-12-. The van der Waals surface area contributed by atoms with E-state index in [4.69, 9.17) is 12.2 Å². The normalized spacial score (nSPS) is 20.8. The van der Waals surface area contributed by atoms with Gasteiger partial charge in [0.15, 0.2) is 0 Å². The summed E-state index contributed by atoms with van der Waals surface area (Å²) < 4.78 is 40.4. The number of amides is 3. The van der Waals surface area contributed by atoms with E-state index in [1.165, 1.54) is 12.1 Å². The van der Waals surface area contributed by atoms with Gasteiger partial charge in [-0.1, -0.05) is 72.5 Å². The number of halogens is 3. The molecule has 1 atom stereocenters. The second-order valence-electron chi connectivity index (χ2n) is 7.65. The van der Waals surface area contributed by atoms with E-state index in [1.807, 2.05) is 36.4 Å². The Morgan fingerprint density at radius 3 is 2.38 bits per heavy atom. The zero-order chi connectivity index (χ0) is 24.6. The maximum atomic E-state index is 13.5. The predicted octanol–water partition coefficient (Wildman–Crippen LogP) is 5.19. The van der Waals surface area contributed by atoms with Crippen LogP contribution in [-0.4, -0.2) is 33.0 Å². The molecule has 0 aromatic heterocycles. The lowest BCUT2D eigenvalue weighted by Crippen LogP contribution is -2.44. The predicted molar refractivity (Wildman–Crippen MR) is 128 cm³/mol. The number of thiocarbonyl (C=S) groups is 1. The molecule has 4 rings (SSSR count). The molecule has 0 aliphatic carbocycles. The molecule has 34 heavy (non-hydrogen) atoms. The molecule has 2 aliphatic rings. The molecule has 2 aromatic rings. The maximum absolute atomic E-state index is 13.5. The van der Waals surface area contributed by atoms with Crippen LogP contribution in [-0.2, 0) is 20.6 Å². The number of anilines is 1. The van der Waals surface area contributed by atoms with E-state index in [0.29, 0.717) is 4.90 Å². The first-order chi connectivity index (χ1) is 16.1. The molecule has 0 N–H and O–H groups in total. The lowest BCUT2D eigenvalue weighted by Gasteiger charge is -2.23. The lowest BCUT2D eigenvalue weighted by molar-refractivity contribution is -0.137. The van der Waals surface area contributed by atoms with Crippen molar-refractivity contribution in [3.63, 3.8) is 0 Å². The molecular formula is C24H17F3N2O3S2. The van der Waals surface area contributed by atoms with Crippen LogP contribution in [0.1, 0.15) is 24.5 Å². The van der Waals surface area contributed by atoms with Crippen LogP contribution in [0, 0.1) is 0 Å². The van der Waals surface area contributed by atoms with Gasteiger partial charge in [-0.3, -0.25) is 19.3 Å². The third-order valence-electron chi connectivity index (χ3n) is 5.26. The highest BCUT2D eigenvalue weighted by Gasteiger charge is 2.50. The fourth-order valence-electron chi connectivity index (χ4n) is 3.79. The summed E-state index contributed by atoms with van der Waals surface area (Å²) in [7, 11) is 0. The number of alkyl halides is 3. The number of para-hydroxylation sites is 1. The zero-order valence-corrected chi connectivity index (χ0v) is 19.3. The fraction of sp³-hybridized carbons (Fsp3) is 0.167. The smallest absolute Gasteiger partial charge is 0.280 e. The van der Waals surface area contributed by atoms with Gasteiger partial charge in [0.25, 0.3) is 11.8 Å². The number of carbonyl (C=O) groups is 3. The molecule has 2 aliphatic heterocycles. The maximum Gasteiger partial charge on any atom is 0.418 e. The molecule has 3 amide bonds. The Hall–Kier alpha value is -3.24. The van der Waals surface area contributed by atoms with Gasteiger partial charge in [0, 0.05) is 0 Å². The monoisotopic (exact) mass is 502 g/mol. The van der Waals surface area contributed by atoms with Gasteiger partial charge in [0.05, 0.1) is 22.6 Å². The average molecular weight is 503 g/mol. The van der Waals surface area contributed by atoms with Crippen LogP contribution < -0.4 is 4.90 Å². The van der Waals surface area contributed by atoms with Crippen LogP contribution in [0.3, 0.4) is 0 Å². The summed E-state index contributed by atoms with van der Waals surface area (Å²) in [6.07, 6.45) is -1.72. The van der Waals surface area contributed by atoms with Gasteiger partial charge in [-0.05, 0) is 36.3 Å². The third-order valence-corrected chi connectivity index (χ3v) is 6.59. The summed E-state index contributed by atoms with van der Waals surface area (Å²) in [4.78, 5) is 40.6. The zero-order valence-electron chi connectivity index (χ0n) is 17.7. The van der Waals surface area contributed by atoms with Gasteiger partial charge in [-0.15, -0.1) is 0 Å². The highest BCUT2D eigenvalue weighted by Crippen LogP contribution is 2.41. The first-order valence-electron chi connectivity index (χ1n) is 10.1. The van der Waals surface area contributed by atoms with Crippen molar-refractivity contribution in [3.05, 3.63) is 82.3 Å². The van der Waals surface area contributed by atoms with Gasteiger partial charge in [0.2, 0.25) is 5.91 Å². The Kier molecular flexibility index (Phi) is 6.46. The van der Waals surface area contributed by atoms with Gasteiger partial charge in [0.1, 0.15) is 10.4 Å². The van der Waals surface area contributed by atoms with Crippen molar-refractivity contribution in [2.75, 3.05) is 4.90 Å². The van der Waals surface area contributed by atoms with Crippen molar-refractivity contribution in [1.82, 2.24) is 4.90 Å². The van der Waals surface area contributed by atoms with Crippen molar-refractivity contribution in [2.45, 2.75) is 25.6 Å². The average Bonchev–Trinajstić information content (AvgIpc) is 3.21. The Balaban J connectivity index is 1.61. The van der Waals surface area contributed by atoms with Gasteiger partial charge >= 0.3 is 6.18 Å². The third kappa shape index (κ3) is 4.55. The Bertz CT molecular complexity index is 1260. The first kappa shape index (κ1) is 23.9. The van der Waals surface area contributed by atoms with Gasteiger partial charge < -0.3 is 0 Å². The summed E-state index contributed by atoms with van der Waals surface area (Å²) >= 11 is 6.27. The van der Waals surface area contributed by atoms with E-state index in [2.05, 4.69) is 0 Å². The topological polar surface area (TPSA) is 57.7 Å². The van der Waals surface area contributed by atoms with E-state index < -0.39 is 47.6 Å². The number of allylic oxidation sites excluding steroid dienone is 2. The first-order valence-corrected chi connectivity index (χ1v) is 11.3. The number of benzene rings is 2. The summed E-state index contributed by atoms with van der Waals surface area (Å²) in [6, 6.07) is 12.5. The van der Waals surface area contributed by atoms with Crippen molar-refractivity contribution in [3.8, 4) is 0 Å². The van der Waals surface area contributed by atoms with E-state index in [9.17, 15) is 27.6 Å². The fourth-order valence-corrected chi connectivity index (χ4v) is 5.19. The van der Waals surface area contributed by atoms with Crippen molar-refractivity contribution >= 4 is 57.8 Å². The molecule has 10 heteroatoms. The van der Waals surface area contributed by atoms with Crippen molar-refractivity contribution in [2.24, 2.45) is 0 Å². The number of carbonyl (C=O) groups excluding carboxylic acids is 3. The van der Waals surface area contributed by atoms with Crippen LogP contribution in [0.4, 0.5) is 18.9 Å². The lowest BCUT2D eigenvalue weighted by atomic mass is 10.1. The second kappa shape index (κ2) is 9.19. The number of thioether (sulfide) groups is 1. The molecule has 2 heterocycles. The van der Waals surface area contributed by atoms with Crippen LogP contribution in [0.15, 0.2) is 71.2 Å². The highest BCUT2D eigenvalue weighted by molar-refractivity contribution is 8.26. The SMILES string of the molecule is CC(/C=C1\SC(=S)N(C2CC(=O)N(c3ccccc3C(F)(F)F)C2=O)C1=O)=C\c1ccccc1. The Morgan fingerprint density at radius 2 is 1.71 bits per heavy atom. The minimum Gasteiger partial charge on any atom is -0.280 e. The molecule has 0 spiro atoms. The number of hydrogen-bond donors (Lipinski definition) is 0. The second-order valence-corrected chi connectivity index (χ2v) is 9.33. The van der Waals surface area contributed by atoms with Crippen molar-refractivity contribution < 1.29 is 27.6 Å². The van der Waals surface area contributed by atoms with E-state index >= 15 is 0 Å². The van der Waals surface area contributed by atoms with Crippen LogP contribution in [0.25, 0.3) is 6.08 Å². The summed E-state index contributed by atoms with van der Waals surface area (Å²) in [5.41, 5.74) is 0.0305. The minimum absolute atomic E-state index is 0.0702. The van der Waals surface area contributed by atoms with E-state index in [0.717, 1.165) is 39.9 Å². The summed E-state index contributed by atoms with van der Waals surface area (Å²) in [6.45, 7) is 1.81. The summed E-state index contributed by atoms with van der Waals surface area (Å²) in [5.74, 6) is -2.31. The molecule has 0 bridgehead atoms. The number of imide groups is 1. The molecular weight excluding hydrogens is 485 g/mol. The Morgan fingerprint density at radius 1 is 1.06 bits per heavy atom. The molecule has 2 fully saturated rings. The molecule has 0 radical (unpaired) electrons. The molecule has 5 nitrogen and oxygen atoms in total. The number of hydrogen-bond acceptors (Lipinski definition) is 5. The van der Waals surface area contributed by atoms with Crippen LogP contribution >= 0.6 is 24.0 Å². The molecule has 1 unspecified atom stereocenters. The minimum atomic E-state index is -4.76. The molecule has 2 aromatic carbocycles.